The molecule has 0 bridgehead atoms. The number of rotatable bonds is 3. The number of aliphatic hydroxyl groups excluding tert-OH is 1. The van der Waals surface area contributed by atoms with E-state index >= 15 is 0 Å². The molecule has 0 spiro atoms. The fourth-order valence-electron chi connectivity index (χ4n) is 3.51. The van der Waals surface area contributed by atoms with E-state index in [9.17, 15) is 5.11 Å². The summed E-state index contributed by atoms with van der Waals surface area (Å²) in [5.41, 5.74) is 0. The van der Waals surface area contributed by atoms with Gasteiger partial charge in [0.15, 0.2) is 0 Å². The zero-order valence-electron chi connectivity index (χ0n) is 10.6. The molecule has 1 saturated heterocycles. The van der Waals surface area contributed by atoms with Crippen LogP contribution in [0.15, 0.2) is 0 Å². The maximum atomic E-state index is 9.37. The lowest BCUT2D eigenvalue weighted by molar-refractivity contribution is -0.0448. The fourth-order valence-corrected chi connectivity index (χ4v) is 3.51. The Labute approximate surface area is 98.8 Å². The van der Waals surface area contributed by atoms with Crippen LogP contribution in [0.5, 0.6) is 0 Å². The summed E-state index contributed by atoms with van der Waals surface area (Å²) >= 11 is 0. The number of methoxy groups -OCH3 is 1. The number of ether oxygens (including phenoxy) is 1. The largest absolute Gasteiger partial charge is 0.396 e. The maximum Gasteiger partial charge on any atom is 0.0636 e. The molecule has 94 valence electrons. The normalized spacial score (nSPS) is 41.4. The summed E-state index contributed by atoms with van der Waals surface area (Å²) in [5, 5.41) is 9.37. The topological polar surface area (TPSA) is 32.7 Å². The van der Waals surface area contributed by atoms with Gasteiger partial charge in [-0.25, -0.2) is 0 Å². The van der Waals surface area contributed by atoms with E-state index < -0.39 is 0 Å². The predicted octanol–water partition coefficient (Wildman–Crippen LogP) is 1.50. The molecule has 16 heavy (non-hydrogen) atoms. The molecule has 1 aliphatic carbocycles. The summed E-state index contributed by atoms with van der Waals surface area (Å²) < 4.78 is 5.55. The summed E-state index contributed by atoms with van der Waals surface area (Å²) in [4.78, 5) is 2.63. The molecule has 1 N–H and O–H groups in total. The standard InChI is InChI=1S/C13H25NO2/c1-10-7-11(9-15)13(16-2)8-12(10)14-5-3-4-6-14/h10-13,15H,3-9H2,1-2H3. The monoisotopic (exact) mass is 227 g/mol. The van der Waals surface area contributed by atoms with Gasteiger partial charge in [0.05, 0.1) is 6.10 Å². The van der Waals surface area contributed by atoms with Crippen molar-refractivity contribution in [1.82, 2.24) is 4.90 Å². The van der Waals surface area contributed by atoms with Gasteiger partial charge in [-0.2, -0.15) is 0 Å². The molecule has 0 amide bonds. The first-order chi connectivity index (χ1) is 7.76. The summed E-state index contributed by atoms with van der Waals surface area (Å²) in [7, 11) is 1.78. The molecule has 0 aromatic heterocycles. The SMILES string of the molecule is COC1CC(N2CCCC2)C(C)CC1CO. The van der Waals surface area contributed by atoms with Gasteiger partial charge in [0.1, 0.15) is 0 Å². The van der Waals surface area contributed by atoms with Crippen LogP contribution in [0.3, 0.4) is 0 Å². The van der Waals surface area contributed by atoms with Crippen molar-refractivity contribution in [1.29, 1.82) is 0 Å². The molecule has 1 aliphatic heterocycles. The Morgan fingerprint density at radius 2 is 1.94 bits per heavy atom. The molecule has 0 aromatic carbocycles. The van der Waals surface area contributed by atoms with Crippen LogP contribution in [0.1, 0.15) is 32.6 Å². The van der Waals surface area contributed by atoms with Gasteiger partial charge >= 0.3 is 0 Å². The van der Waals surface area contributed by atoms with Crippen molar-refractivity contribution in [2.75, 3.05) is 26.8 Å². The van der Waals surface area contributed by atoms with Crippen molar-refractivity contribution in [2.45, 2.75) is 44.8 Å². The maximum absolute atomic E-state index is 9.37. The van der Waals surface area contributed by atoms with Crippen LogP contribution in [0.4, 0.5) is 0 Å². The molecule has 0 radical (unpaired) electrons. The molecule has 1 heterocycles. The van der Waals surface area contributed by atoms with E-state index in [1.165, 1.54) is 25.9 Å². The van der Waals surface area contributed by atoms with Crippen molar-refractivity contribution < 1.29 is 9.84 Å². The highest BCUT2D eigenvalue weighted by Gasteiger charge is 2.38. The fraction of sp³-hybridized carbons (Fsp3) is 1.00. The molecule has 3 nitrogen and oxygen atoms in total. The average Bonchev–Trinajstić information content (AvgIpc) is 2.82. The molecule has 1 saturated carbocycles. The highest BCUT2D eigenvalue weighted by atomic mass is 16.5. The Morgan fingerprint density at radius 3 is 2.50 bits per heavy atom. The van der Waals surface area contributed by atoms with Crippen LogP contribution in [-0.4, -0.2) is 49.0 Å². The number of hydrogen-bond acceptors (Lipinski definition) is 3. The van der Waals surface area contributed by atoms with Gasteiger partial charge in [0.25, 0.3) is 0 Å². The van der Waals surface area contributed by atoms with Gasteiger partial charge in [-0.3, -0.25) is 0 Å². The van der Waals surface area contributed by atoms with E-state index in [-0.39, 0.29) is 12.7 Å². The molecule has 3 heteroatoms. The van der Waals surface area contributed by atoms with E-state index in [1.54, 1.807) is 7.11 Å². The summed E-state index contributed by atoms with van der Waals surface area (Å²) in [6.07, 6.45) is 5.17. The minimum absolute atomic E-state index is 0.256. The predicted molar refractivity (Wildman–Crippen MR) is 64.4 cm³/mol. The van der Waals surface area contributed by atoms with Crippen molar-refractivity contribution >= 4 is 0 Å². The van der Waals surface area contributed by atoms with Crippen LogP contribution in [-0.2, 0) is 4.74 Å². The first kappa shape index (κ1) is 12.3. The third-order valence-corrected chi connectivity index (χ3v) is 4.48. The van der Waals surface area contributed by atoms with Crippen molar-refractivity contribution in [2.24, 2.45) is 11.8 Å². The third kappa shape index (κ3) is 2.41. The highest BCUT2D eigenvalue weighted by Crippen LogP contribution is 2.35. The van der Waals surface area contributed by atoms with E-state index in [2.05, 4.69) is 11.8 Å². The Morgan fingerprint density at radius 1 is 1.25 bits per heavy atom. The van der Waals surface area contributed by atoms with Crippen LogP contribution in [0.25, 0.3) is 0 Å². The van der Waals surface area contributed by atoms with Gasteiger partial charge < -0.3 is 14.7 Å². The van der Waals surface area contributed by atoms with Gasteiger partial charge in [-0.05, 0) is 44.7 Å². The quantitative estimate of drug-likeness (QED) is 0.793. The van der Waals surface area contributed by atoms with E-state index in [0.29, 0.717) is 17.9 Å². The van der Waals surface area contributed by atoms with E-state index in [0.717, 1.165) is 12.8 Å². The Bertz CT molecular complexity index is 216. The first-order valence-corrected chi connectivity index (χ1v) is 6.64. The summed E-state index contributed by atoms with van der Waals surface area (Å²) in [6, 6.07) is 0.676. The van der Waals surface area contributed by atoms with Gasteiger partial charge in [0, 0.05) is 25.7 Å². The number of likely N-dealkylation sites (tertiary alicyclic amines) is 1. The lowest BCUT2D eigenvalue weighted by Crippen LogP contribution is -2.48. The molecule has 0 aromatic rings. The van der Waals surface area contributed by atoms with Crippen LogP contribution >= 0.6 is 0 Å². The second-order valence-electron chi connectivity index (χ2n) is 5.48. The Hall–Kier alpha value is -0.120. The summed E-state index contributed by atoms with van der Waals surface area (Å²) in [5.74, 6) is 1.04. The zero-order chi connectivity index (χ0) is 11.5. The highest BCUT2D eigenvalue weighted by molar-refractivity contribution is 4.91. The minimum atomic E-state index is 0.256. The van der Waals surface area contributed by atoms with E-state index in [1.807, 2.05) is 0 Å². The van der Waals surface area contributed by atoms with E-state index in [4.69, 9.17) is 4.74 Å². The van der Waals surface area contributed by atoms with Crippen molar-refractivity contribution in [3.05, 3.63) is 0 Å². The Balaban J connectivity index is 1.98. The lowest BCUT2D eigenvalue weighted by atomic mass is 9.76. The van der Waals surface area contributed by atoms with Crippen molar-refractivity contribution in [3.63, 3.8) is 0 Å². The smallest absolute Gasteiger partial charge is 0.0636 e. The molecule has 4 unspecified atom stereocenters. The molecule has 2 aliphatic rings. The molecule has 2 rings (SSSR count). The van der Waals surface area contributed by atoms with Gasteiger partial charge in [-0.15, -0.1) is 0 Å². The second kappa shape index (κ2) is 5.48. The molecular formula is C13H25NO2. The molecular weight excluding hydrogens is 202 g/mol. The average molecular weight is 227 g/mol. The second-order valence-corrected chi connectivity index (χ2v) is 5.48. The zero-order valence-corrected chi connectivity index (χ0v) is 10.6. The molecule has 2 fully saturated rings. The van der Waals surface area contributed by atoms with Crippen LogP contribution in [0.2, 0.25) is 0 Å². The van der Waals surface area contributed by atoms with Gasteiger partial charge in [0.2, 0.25) is 0 Å². The van der Waals surface area contributed by atoms with Crippen LogP contribution in [0, 0.1) is 11.8 Å². The summed E-state index contributed by atoms with van der Waals surface area (Å²) in [6.45, 7) is 5.12. The van der Waals surface area contributed by atoms with Crippen LogP contribution < -0.4 is 0 Å². The third-order valence-electron chi connectivity index (χ3n) is 4.48. The Kier molecular flexibility index (Phi) is 4.22. The number of nitrogens with zero attached hydrogens (tertiary/aromatic N) is 1. The number of hydrogen-bond donors (Lipinski definition) is 1. The lowest BCUT2D eigenvalue weighted by Gasteiger charge is -2.42. The first-order valence-electron chi connectivity index (χ1n) is 6.64. The minimum Gasteiger partial charge on any atom is -0.396 e. The molecule has 4 atom stereocenters. The van der Waals surface area contributed by atoms with Gasteiger partial charge in [-0.1, -0.05) is 6.92 Å². The van der Waals surface area contributed by atoms with Crippen molar-refractivity contribution in [3.8, 4) is 0 Å². The number of aliphatic hydroxyl groups is 1.